The molecular weight excluding hydrogens is 379 g/mol. The maximum atomic E-state index is 13.7. The van der Waals surface area contributed by atoms with Crippen LogP contribution in [0, 0.1) is 24.6 Å². The largest absolute Gasteiger partial charge is 0.207 e. The van der Waals surface area contributed by atoms with Crippen LogP contribution in [0.5, 0.6) is 0 Å². The highest BCUT2D eigenvalue weighted by molar-refractivity contribution is 5.84. The lowest BCUT2D eigenvalue weighted by atomic mass is 9.84. The Morgan fingerprint density at radius 1 is 1.10 bits per heavy atom. The van der Waals surface area contributed by atoms with E-state index < -0.39 is 0 Å². The average Bonchev–Trinajstić information content (AvgIpc) is 2.95. The summed E-state index contributed by atoms with van der Waals surface area (Å²) in [6, 6.07) is 5.03. The summed E-state index contributed by atoms with van der Waals surface area (Å²) in [5.41, 5.74) is 5.83. The molecule has 0 spiro atoms. The Kier molecular flexibility index (Phi) is 10.8. The van der Waals surface area contributed by atoms with Gasteiger partial charge in [-0.05, 0) is 66.0 Å². The monoisotopic (exact) mass is 420 g/mol. The van der Waals surface area contributed by atoms with E-state index in [4.69, 9.17) is 0 Å². The molecule has 31 heavy (non-hydrogen) atoms. The normalized spacial score (nSPS) is 17.7. The van der Waals surface area contributed by atoms with Crippen molar-refractivity contribution in [1.29, 1.82) is 0 Å². The molecule has 0 amide bonds. The van der Waals surface area contributed by atoms with Crippen LogP contribution in [0.3, 0.4) is 0 Å². The summed E-state index contributed by atoms with van der Waals surface area (Å²) in [6.45, 7) is 12.8. The molecule has 0 saturated carbocycles. The number of hydrogen-bond donors (Lipinski definition) is 0. The molecular formula is C30H41F. The summed E-state index contributed by atoms with van der Waals surface area (Å²) in [6.07, 6.45) is 23.3. The zero-order chi connectivity index (χ0) is 22.6. The van der Waals surface area contributed by atoms with Crippen LogP contribution in [-0.2, 0) is 0 Å². The number of allylic oxidation sites excluding steroid dienone is 9. The van der Waals surface area contributed by atoms with Crippen LogP contribution < -0.4 is 0 Å². The van der Waals surface area contributed by atoms with E-state index in [0.717, 1.165) is 29.0 Å². The van der Waals surface area contributed by atoms with E-state index >= 15 is 0 Å². The molecule has 0 aliphatic heterocycles. The summed E-state index contributed by atoms with van der Waals surface area (Å²) in [5.74, 6) is 1.07. The molecule has 1 aliphatic rings. The molecule has 0 nitrogen and oxygen atoms in total. The highest BCUT2D eigenvalue weighted by Crippen LogP contribution is 2.34. The van der Waals surface area contributed by atoms with Gasteiger partial charge in [-0.3, -0.25) is 0 Å². The average molecular weight is 421 g/mol. The van der Waals surface area contributed by atoms with Gasteiger partial charge in [-0.2, -0.15) is 0 Å². The summed E-state index contributed by atoms with van der Waals surface area (Å²) in [4.78, 5) is 0. The van der Waals surface area contributed by atoms with Crippen LogP contribution in [0.4, 0.5) is 4.39 Å². The second kappa shape index (κ2) is 13.3. The van der Waals surface area contributed by atoms with E-state index in [0.29, 0.717) is 5.92 Å². The van der Waals surface area contributed by atoms with E-state index in [-0.39, 0.29) is 5.82 Å². The predicted molar refractivity (Wildman–Crippen MR) is 136 cm³/mol. The Morgan fingerprint density at radius 2 is 1.90 bits per heavy atom. The van der Waals surface area contributed by atoms with Crippen LogP contribution in [0.15, 0.2) is 72.4 Å². The minimum absolute atomic E-state index is 0.192. The third kappa shape index (κ3) is 7.49. The number of halogens is 1. The molecule has 1 aromatic carbocycles. The summed E-state index contributed by atoms with van der Waals surface area (Å²) >= 11 is 0. The zero-order valence-electron chi connectivity index (χ0n) is 20.1. The van der Waals surface area contributed by atoms with Crippen LogP contribution in [0.25, 0.3) is 5.57 Å². The molecule has 2 rings (SSSR count). The van der Waals surface area contributed by atoms with Gasteiger partial charge >= 0.3 is 0 Å². The first-order valence-corrected chi connectivity index (χ1v) is 12.2. The second-order valence-electron chi connectivity index (χ2n) is 8.87. The highest BCUT2D eigenvalue weighted by atomic mass is 19.1. The minimum Gasteiger partial charge on any atom is -0.207 e. The molecule has 1 heteroatoms. The lowest BCUT2D eigenvalue weighted by Crippen LogP contribution is -2.07. The maximum absolute atomic E-state index is 13.7. The number of benzene rings is 1. The van der Waals surface area contributed by atoms with Gasteiger partial charge in [0.1, 0.15) is 5.82 Å². The van der Waals surface area contributed by atoms with Crippen molar-refractivity contribution in [1.82, 2.24) is 0 Å². The SMILES string of the molecule is C=C/C=C(/C1=CC=C(CC(CCC)CCCCC)C(CC)C=C1)c1ccc(F)cc1C. The molecule has 0 saturated heterocycles. The third-order valence-electron chi connectivity index (χ3n) is 6.41. The molecule has 0 N–H and O–H groups in total. The zero-order valence-corrected chi connectivity index (χ0v) is 20.1. The van der Waals surface area contributed by atoms with Crippen molar-refractivity contribution in [3.05, 3.63) is 89.3 Å². The van der Waals surface area contributed by atoms with Crippen molar-refractivity contribution >= 4 is 5.57 Å². The van der Waals surface area contributed by atoms with Crippen LogP contribution in [0.1, 0.15) is 83.3 Å². The Morgan fingerprint density at radius 3 is 2.55 bits per heavy atom. The molecule has 0 bridgehead atoms. The smallest absolute Gasteiger partial charge is 0.123 e. The third-order valence-corrected chi connectivity index (χ3v) is 6.41. The summed E-state index contributed by atoms with van der Waals surface area (Å²) < 4.78 is 13.7. The van der Waals surface area contributed by atoms with Crippen molar-refractivity contribution in [2.24, 2.45) is 11.8 Å². The van der Waals surface area contributed by atoms with Crippen LogP contribution >= 0.6 is 0 Å². The predicted octanol–water partition coefficient (Wildman–Crippen LogP) is 9.54. The molecule has 1 aromatic rings. The van der Waals surface area contributed by atoms with Crippen molar-refractivity contribution in [2.75, 3.05) is 0 Å². The summed E-state index contributed by atoms with van der Waals surface area (Å²) in [5, 5.41) is 0. The Bertz CT molecular complexity index is 834. The lowest BCUT2D eigenvalue weighted by molar-refractivity contribution is 0.409. The van der Waals surface area contributed by atoms with Gasteiger partial charge in [0.05, 0.1) is 0 Å². The van der Waals surface area contributed by atoms with Crippen LogP contribution in [0.2, 0.25) is 0 Å². The summed E-state index contributed by atoms with van der Waals surface area (Å²) in [7, 11) is 0. The fraction of sp³-hybridized carbons (Fsp3) is 0.467. The maximum Gasteiger partial charge on any atom is 0.123 e. The molecule has 0 fully saturated rings. The van der Waals surface area contributed by atoms with Crippen molar-refractivity contribution in [2.45, 2.75) is 79.1 Å². The van der Waals surface area contributed by atoms with Gasteiger partial charge in [0.25, 0.3) is 0 Å². The van der Waals surface area contributed by atoms with Gasteiger partial charge in [-0.15, -0.1) is 0 Å². The Balaban J connectivity index is 2.34. The molecule has 168 valence electrons. The molecule has 0 heterocycles. The quantitative estimate of drug-likeness (QED) is 0.233. The van der Waals surface area contributed by atoms with Crippen molar-refractivity contribution < 1.29 is 4.39 Å². The lowest BCUT2D eigenvalue weighted by Gasteiger charge is -2.21. The minimum atomic E-state index is -0.192. The van der Waals surface area contributed by atoms with Gasteiger partial charge in [-0.1, -0.05) is 114 Å². The van der Waals surface area contributed by atoms with Gasteiger partial charge in [0.15, 0.2) is 0 Å². The van der Waals surface area contributed by atoms with E-state index in [9.17, 15) is 4.39 Å². The van der Waals surface area contributed by atoms with Crippen molar-refractivity contribution in [3.63, 3.8) is 0 Å². The van der Waals surface area contributed by atoms with E-state index in [1.54, 1.807) is 17.7 Å². The topological polar surface area (TPSA) is 0 Å². The Labute approximate surface area is 190 Å². The van der Waals surface area contributed by atoms with Gasteiger partial charge in [-0.25, -0.2) is 4.39 Å². The first-order valence-electron chi connectivity index (χ1n) is 12.2. The molecule has 1 aliphatic carbocycles. The first-order chi connectivity index (χ1) is 15.0. The molecule has 2 unspecified atom stereocenters. The van der Waals surface area contributed by atoms with E-state index in [2.05, 4.69) is 51.7 Å². The van der Waals surface area contributed by atoms with Crippen molar-refractivity contribution in [3.8, 4) is 0 Å². The molecule has 2 atom stereocenters. The second-order valence-corrected chi connectivity index (χ2v) is 8.87. The highest BCUT2D eigenvalue weighted by Gasteiger charge is 2.18. The fourth-order valence-electron chi connectivity index (χ4n) is 4.68. The molecule has 0 radical (unpaired) electrons. The van der Waals surface area contributed by atoms with Gasteiger partial charge in [0.2, 0.25) is 0 Å². The number of aryl methyl sites for hydroxylation is 1. The number of rotatable bonds is 12. The van der Waals surface area contributed by atoms with Crippen LogP contribution in [-0.4, -0.2) is 0 Å². The number of unbranched alkanes of at least 4 members (excludes halogenated alkanes) is 2. The first kappa shape index (κ1) is 25.1. The fourth-order valence-corrected chi connectivity index (χ4v) is 4.68. The Hall–Kier alpha value is -2.15. The van der Waals surface area contributed by atoms with Gasteiger partial charge in [0, 0.05) is 0 Å². The van der Waals surface area contributed by atoms with E-state index in [1.165, 1.54) is 50.5 Å². The molecule has 0 aromatic heterocycles. The van der Waals surface area contributed by atoms with Gasteiger partial charge < -0.3 is 0 Å². The standard InChI is InChI=1S/C30H41F/c1-6-10-11-14-24(12-7-2)22-27-18-17-26(16-15-25(27)9-4)30(13-8-3)29-20-19-28(31)21-23(29)5/h8,13,15-21,24-25H,3,6-7,9-12,14,22H2,1-2,4-5H3/b30-13-. The number of hydrogen-bond acceptors (Lipinski definition) is 0. The van der Waals surface area contributed by atoms with E-state index in [1.807, 2.05) is 25.1 Å².